The number of methoxy groups -OCH3 is 1. The molecule has 0 aliphatic carbocycles. The van der Waals surface area contributed by atoms with E-state index in [0.717, 1.165) is 38.9 Å². The van der Waals surface area contributed by atoms with Crippen LogP contribution >= 0.6 is 46.4 Å². The van der Waals surface area contributed by atoms with E-state index in [1.165, 1.54) is 82.7 Å². The van der Waals surface area contributed by atoms with Gasteiger partial charge in [-0.2, -0.15) is 0 Å². The number of nitrogens with zero attached hydrogens (tertiary/aromatic N) is 6. The van der Waals surface area contributed by atoms with E-state index >= 15 is 0 Å². The highest BCUT2D eigenvalue weighted by Crippen LogP contribution is 2.35. The number of amides is 9. The van der Waals surface area contributed by atoms with Crippen molar-refractivity contribution in [1.82, 2.24) is 44.5 Å². The van der Waals surface area contributed by atoms with Gasteiger partial charge in [-0.1, -0.05) is 101 Å². The summed E-state index contributed by atoms with van der Waals surface area (Å²) in [6, 6.07) is 35.7. The van der Waals surface area contributed by atoms with Gasteiger partial charge in [-0.25, -0.2) is 41.7 Å². The van der Waals surface area contributed by atoms with E-state index in [-0.39, 0.29) is 80.3 Å². The Balaban J connectivity index is 0.000000176. The Kier molecular flexibility index (Phi) is 30.6. The summed E-state index contributed by atoms with van der Waals surface area (Å²) < 4.78 is 64.3. The number of carbonyl (C=O) groups is 5. The predicted octanol–water partition coefficient (Wildman–Crippen LogP) is 17.3. The zero-order valence-electron chi connectivity index (χ0n) is 63.0. The average Bonchev–Trinajstić information content (AvgIpc) is 0.785. The van der Waals surface area contributed by atoms with Crippen LogP contribution in [0.3, 0.4) is 0 Å². The van der Waals surface area contributed by atoms with Gasteiger partial charge >= 0.3 is 24.1 Å². The number of aliphatic hydroxyl groups excluding tert-OH is 1. The minimum absolute atomic E-state index is 0.0583. The van der Waals surface area contributed by atoms with Crippen LogP contribution in [-0.4, -0.2) is 133 Å². The molecule has 12 rings (SSSR count). The summed E-state index contributed by atoms with van der Waals surface area (Å²) in [6.45, 7) is 10.3. The number of primary amides is 1. The summed E-state index contributed by atoms with van der Waals surface area (Å²) in [6.07, 6.45) is 9.93. The van der Waals surface area contributed by atoms with Crippen molar-refractivity contribution in [2.24, 2.45) is 5.73 Å². The van der Waals surface area contributed by atoms with Crippen molar-refractivity contribution in [3.63, 3.8) is 0 Å². The zero-order chi connectivity index (χ0) is 83.3. The fourth-order valence-corrected chi connectivity index (χ4v) is 13.1. The number of fused-ring (bicyclic) bond motifs is 4. The number of hydrogen-bond acceptors (Lipinski definition) is 13. The monoisotopic (exact) mass is 1650 g/mol. The highest BCUT2D eigenvalue weighted by atomic mass is 35.5. The summed E-state index contributed by atoms with van der Waals surface area (Å²) in [4.78, 5) is 122. The van der Waals surface area contributed by atoms with Crippen LogP contribution in [0.5, 0.6) is 5.88 Å². The number of rotatable bonds is 22. The van der Waals surface area contributed by atoms with Crippen molar-refractivity contribution in [2.45, 2.75) is 65.2 Å². The quantitative estimate of drug-likeness (QED) is 0.0225. The molecule has 0 saturated carbocycles. The minimum Gasteiger partial charge on any atom is -0.481 e. The standard InChI is InChI=1S/C23H25ClFN3O3.C21H21ClFN3O3.C20H18ClFN4O3.C18H16ClFN4O2/c1-4-31-12-11-28(23(29)27-16-9-10-21(25)20(24)13-16)15(2)19-14-26-22(30-3)18-8-6-5-7-17(18)19;1-13(17-12-24-20(28)16-6-3-2-5-15(16)17)26(9-4-10-27)21(29)25-14-7-8-19(23)18(22)11-14;1-11(15-9-24-19(28)14-5-3-2-4-13(14)15)26(10-18(23)27)20(29)25-12-6-7-17(22)16(21)8-12;1-10(13-9-22-17(25)12-5-6-21-8-14(12)13)24(2)18(26)23-11-3-4-16(20)15(19)7-11/h5-10,13-15H,4,11-12H2,1-3H3,(H,27,29);2-3,5-8,11-13,27H,4,9-10H2,1H3,(H,24,28)(H,25,29);2-9,11H,10H2,1H3,(H2,23,27)(H,24,28)(H,25,29);3-10H,1-2H3,(H,22,25)(H,23,26). The predicted molar refractivity (Wildman–Crippen MR) is 440 cm³/mol. The molecule has 4 unspecified atom stereocenters. The first-order valence-electron chi connectivity index (χ1n) is 35.7. The van der Waals surface area contributed by atoms with Gasteiger partial charge in [0.05, 0.1) is 63.4 Å². The number of aliphatic hydroxyl groups is 1. The van der Waals surface area contributed by atoms with E-state index in [9.17, 15) is 61.0 Å². The van der Waals surface area contributed by atoms with Crippen LogP contribution in [-0.2, 0) is 9.53 Å². The number of urea groups is 4. The topological polar surface area (TPSA) is 335 Å². The van der Waals surface area contributed by atoms with E-state index in [1.807, 2.05) is 64.1 Å². The van der Waals surface area contributed by atoms with Crippen molar-refractivity contribution in [2.75, 3.05) is 74.9 Å². The number of ether oxygens (including phenoxy) is 2. The van der Waals surface area contributed by atoms with E-state index in [4.69, 9.17) is 61.6 Å². The molecule has 25 nitrogen and oxygen atoms in total. The Hall–Kier alpha value is -12.1. The first kappa shape index (κ1) is 86.9. The molecule has 0 fully saturated rings. The largest absolute Gasteiger partial charge is 0.481 e. The molecule has 10 N–H and O–H groups in total. The molecule has 0 saturated heterocycles. The van der Waals surface area contributed by atoms with Gasteiger partial charge in [-0.3, -0.25) is 24.2 Å². The first-order chi connectivity index (χ1) is 55.0. The van der Waals surface area contributed by atoms with E-state index in [2.05, 4.69) is 46.2 Å². The Labute approximate surface area is 676 Å². The van der Waals surface area contributed by atoms with E-state index < -0.39 is 59.4 Å². The molecule has 0 bridgehead atoms. The highest BCUT2D eigenvalue weighted by Gasteiger charge is 2.29. The van der Waals surface area contributed by atoms with Gasteiger partial charge in [0.2, 0.25) is 11.8 Å². The molecular formula is C82H80Cl4F4N14O11. The van der Waals surface area contributed by atoms with Gasteiger partial charge < -0.3 is 76.1 Å². The number of nitrogens with two attached hydrogens (primary N) is 1. The molecule has 600 valence electrons. The maximum absolute atomic E-state index is 13.5. The molecular weight excluding hydrogens is 1570 g/mol. The fourth-order valence-electron chi connectivity index (χ4n) is 12.3. The smallest absolute Gasteiger partial charge is 0.322 e. The molecule has 7 aromatic carbocycles. The summed E-state index contributed by atoms with van der Waals surface area (Å²) in [5, 5.41) is 25.0. The van der Waals surface area contributed by atoms with Gasteiger partial charge in [0.1, 0.15) is 29.8 Å². The molecule has 12 aromatic rings. The van der Waals surface area contributed by atoms with Crippen LogP contribution in [0.1, 0.15) is 87.5 Å². The Bertz CT molecular complexity index is 5710. The number of anilines is 4. The van der Waals surface area contributed by atoms with Crippen LogP contribution in [0.25, 0.3) is 43.1 Å². The third-order valence-electron chi connectivity index (χ3n) is 18.5. The van der Waals surface area contributed by atoms with Crippen LogP contribution in [0.2, 0.25) is 20.1 Å². The minimum atomic E-state index is -0.710. The second-order valence-corrected chi connectivity index (χ2v) is 27.4. The highest BCUT2D eigenvalue weighted by molar-refractivity contribution is 6.32. The van der Waals surface area contributed by atoms with E-state index in [1.54, 1.807) is 104 Å². The van der Waals surface area contributed by atoms with Gasteiger partial charge in [-0.15, -0.1) is 0 Å². The molecule has 4 atom stereocenters. The number of pyridine rings is 5. The molecule has 0 aliphatic heterocycles. The number of halogens is 8. The summed E-state index contributed by atoms with van der Waals surface area (Å²) in [5.41, 5.74) is 9.08. The SMILES string of the molecule is CC(c1c[nH]c(=O)c2ccccc12)N(CC(N)=O)C(=O)Nc1ccc(F)c(Cl)c1.CC(c1c[nH]c(=O)c2ccccc12)N(CCCO)C(=O)Nc1ccc(F)c(Cl)c1.CC(c1c[nH]c(=O)c2ccncc12)N(C)C(=O)Nc1ccc(F)c(Cl)c1.CCOCCN(C(=O)Nc1ccc(F)c(Cl)c1)C(C)c1cnc(OC)c2ccccc12. The normalized spacial score (nSPS) is 11.9. The van der Waals surface area contributed by atoms with Crippen LogP contribution in [0.15, 0.2) is 203 Å². The lowest BCUT2D eigenvalue weighted by molar-refractivity contribution is -0.118. The number of aromatic amines is 3. The van der Waals surface area contributed by atoms with Gasteiger partial charge in [0.25, 0.3) is 16.7 Å². The number of benzene rings is 7. The van der Waals surface area contributed by atoms with Gasteiger partial charge in [0, 0.05) is 126 Å². The third-order valence-corrected chi connectivity index (χ3v) is 19.7. The van der Waals surface area contributed by atoms with Crippen LogP contribution in [0.4, 0.5) is 59.5 Å². The second kappa shape index (κ2) is 40.6. The van der Waals surface area contributed by atoms with Crippen molar-refractivity contribution >= 4 is 142 Å². The second-order valence-electron chi connectivity index (χ2n) is 25.8. The maximum Gasteiger partial charge on any atom is 0.322 e. The molecule has 9 amide bonds. The fraction of sp³-hybridized carbons (Fsp3) is 0.220. The molecule has 5 aromatic heterocycles. The van der Waals surface area contributed by atoms with Gasteiger partial charge in [0.15, 0.2) is 0 Å². The number of nitrogens with one attached hydrogen (secondary N) is 7. The molecule has 115 heavy (non-hydrogen) atoms. The van der Waals surface area contributed by atoms with Crippen molar-refractivity contribution in [3.8, 4) is 5.88 Å². The summed E-state index contributed by atoms with van der Waals surface area (Å²) in [5.74, 6) is -2.48. The molecule has 0 radical (unpaired) electrons. The molecule has 0 spiro atoms. The summed E-state index contributed by atoms with van der Waals surface area (Å²) in [7, 11) is 3.20. The van der Waals surface area contributed by atoms with Crippen LogP contribution in [0, 0.1) is 23.3 Å². The lowest BCUT2D eigenvalue weighted by Gasteiger charge is -2.30. The van der Waals surface area contributed by atoms with Crippen molar-refractivity contribution in [1.29, 1.82) is 0 Å². The average molecular weight is 1660 g/mol. The maximum atomic E-state index is 13.5. The molecule has 0 aliphatic rings. The third kappa shape index (κ3) is 22.0. The lowest BCUT2D eigenvalue weighted by Crippen LogP contribution is -2.42. The van der Waals surface area contributed by atoms with Crippen molar-refractivity contribution < 1.29 is 56.1 Å². The van der Waals surface area contributed by atoms with Gasteiger partial charge in [-0.05, 0) is 165 Å². The number of carbonyl (C=O) groups excluding carboxylic acids is 5. The lowest BCUT2D eigenvalue weighted by atomic mass is 10.0. The Morgan fingerprint density at radius 2 is 0.852 bits per heavy atom. The Morgan fingerprint density at radius 3 is 1.26 bits per heavy atom. The number of H-pyrrole nitrogens is 3. The zero-order valence-corrected chi connectivity index (χ0v) is 66.0. The number of aromatic nitrogens is 5. The first-order valence-corrected chi connectivity index (χ1v) is 37.2. The van der Waals surface area contributed by atoms with Crippen molar-refractivity contribution in [3.05, 3.63) is 286 Å². The summed E-state index contributed by atoms with van der Waals surface area (Å²) >= 11 is 23.1. The number of hydrogen-bond donors (Lipinski definition) is 9. The molecule has 33 heteroatoms. The van der Waals surface area contributed by atoms with E-state index in [0.29, 0.717) is 81.6 Å². The molecule has 5 heterocycles. The Morgan fingerprint density at radius 1 is 0.487 bits per heavy atom. The van der Waals surface area contributed by atoms with Crippen LogP contribution < -0.4 is 48.4 Å².